The van der Waals surface area contributed by atoms with Crippen molar-refractivity contribution in [3.8, 4) is 12.3 Å². The fraction of sp³-hybridized carbons (Fsp3) is 0.333. The van der Waals surface area contributed by atoms with Crippen molar-refractivity contribution in [3.05, 3.63) is 29.5 Å². The van der Waals surface area contributed by atoms with Crippen LogP contribution in [0.2, 0.25) is 0 Å². The summed E-state index contributed by atoms with van der Waals surface area (Å²) in [7, 11) is 0. The average molecular weight is 256 g/mol. The van der Waals surface area contributed by atoms with E-state index in [9.17, 15) is 4.79 Å². The predicted molar refractivity (Wildman–Crippen MR) is 73.3 cm³/mol. The first-order valence-electron chi connectivity index (χ1n) is 6.02. The fourth-order valence-electron chi connectivity index (χ4n) is 1.62. The maximum atomic E-state index is 11.7. The molecule has 0 radical (unpaired) electrons. The molecule has 0 spiro atoms. The Bertz CT molecular complexity index is 657. The van der Waals surface area contributed by atoms with E-state index < -0.39 is 5.41 Å². The number of nitrogens with zero attached hydrogens (tertiary/aromatic N) is 1. The van der Waals surface area contributed by atoms with Crippen LogP contribution >= 0.6 is 0 Å². The van der Waals surface area contributed by atoms with Crippen LogP contribution in [0, 0.1) is 17.8 Å². The number of esters is 1. The topological polar surface area (TPSA) is 55.0 Å². The second-order valence-electron chi connectivity index (χ2n) is 5.42. The first-order chi connectivity index (χ1) is 8.91. The van der Waals surface area contributed by atoms with Gasteiger partial charge in [-0.1, -0.05) is 12.0 Å². The van der Waals surface area contributed by atoms with Crippen molar-refractivity contribution >= 4 is 16.9 Å². The molecule has 0 atom stereocenters. The van der Waals surface area contributed by atoms with Crippen molar-refractivity contribution in [3.63, 3.8) is 0 Å². The average Bonchev–Trinajstić information content (AvgIpc) is 2.76. The van der Waals surface area contributed by atoms with E-state index in [2.05, 4.69) is 16.1 Å². The Kier molecular flexibility index (Phi) is 3.30. The van der Waals surface area contributed by atoms with E-state index in [0.29, 0.717) is 5.69 Å². The molecule has 0 fully saturated rings. The number of ether oxygens (including phenoxy) is 1. The minimum atomic E-state index is -0.496. The number of terminal acetylenes is 1. The van der Waals surface area contributed by atoms with E-state index >= 15 is 0 Å². The number of H-pyrrole nitrogens is 1. The van der Waals surface area contributed by atoms with E-state index in [4.69, 9.17) is 11.2 Å². The molecule has 98 valence electrons. The number of rotatable bonds is 2. The number of hydrogen-bond acceptors (Lipinski definition) is 3. The minimum absolute atomic E-state index is 0.225. The lowest BCUT2D eigenvalue weighted by atomic mass is 9.97. The second kappa shape index (κ2) is 4.77. The van der Waals surface area contributed by atoms with Gasteiger partial charge in [-0.15, -0.1) is 6.42 Å². The van der Waals surface area contributed by atoms with Gasteiger partial charge >= 0.3 is 5.97 Å². The number of hydrogen-bond donors (Lipinski definition) is 1. The van der Waals surface area contributed by atoms with Gasteiger partial charge in [0.25, 0.3) is 0 Å². The lowest BCUT2D eigenvalue weighted by Gasteiger charge is -2.16. The summed E-state index contributed by atoms with van der Waals surface area (Å²) in [6, 6.07) is 5.62. The van der Waals surface area contributed by atoms with Crippen molar-refractivity contribution in [1.82, 2.24) is 10.2 Å². The number of benzene rings is 1. The zero-order valence-electron chi connectivity index (χ0n) is 11.3. The molecule has 0 bridgehead atoms. The largest absolute Gasteiger partial charge is 0.460 e. The summed E-state index contributed by atoms with van der Waals surface area (Å²) in [4.78, 5) is 11.7. The fourth-order valence-corrected chi connectivity index (χ4v) is 1.62. The molecule has 0 aliphatic carbocycles. The van der Waals surface area contributed by atoms with Crippen LogP contribution < -0.4 is 0 Å². The predicted octanol–water partition coefficient (Wildman–Crippen LogP) is 2.63. The number of carbonyl (C=O) groups excluding carboxylic acids is 1. The van der Waals surface area contributed by atoms with Crippen molar-refractivity contribution in [2.45, 2.75) is 27.4 Å². The Morgan fingerprint density at radius 3 is 2.84 bits per heavy atom. The molecule has 1 N–H and O–H groups in total. The Hall–Kier alpha value is -2.28. The standard InChI is InChI=1S/C15H16N2O2/c1-5-12-11-8-10(6-7-13(11)17-16-12)9-19-14(18)15(2,3)4/h1,6-8H,9H2,2-4H3,(H,16,17). The molecule has 1 heterocycles. The van der Waals surface area contributed by atoms with Gasteiger partial charge in [-0.25, -0.2) is 0 Å². The number of fused-ring (bicyclic) bond motifs is 1. The van der Waals surface area contributed by atoms with E-state index in [-0.39, 0.29) is 12.6 Å². The van der Waals surface area contributed by atoms with Crippen molar-refractivity contribution in [2.24, 2.45) is 5.41 Å². The third-order valence-corrected chi connectivity index (χ3v) is 2.75. The van der Waals surface area contributed by atoms with Crippen molar-refractivity contribution in [1.29, 1.82) is 0 Å². The van der Waals surface area contributed by atoms with Gasteiger partial charge in [0.2, 0.25) is 0 Å². The Balaban J connectivity index is 2.18. The second-order valence-corrected chi connectivity index (χ2v) is 5.42. The van der Waals surface area contributed by atoms with E-state index in [1.54, 1.807) is 0 Å². The molecule has 1 aromatic carbocycles. The van der Waals surface area contributed by atoms with Crippen LogP contribution in [0.5, 0.6) is 0 Å². The summed E-state index contributed by atoms with van der Waals surface area (Å²) in [5, 5.41) is 7.74. The van der Waals surface area contributed by atoms with Crippen LogP contribution in [0.1, 0.15) is 32.0 Å². The van der Waals surface area contributed by atoms with E-state index in [1.165, 1.54) is 0 Å². The number of nitrogens with one attached hydrogen (secondary N) is 1. The molecule has 4 nitrogen and oxygen atoms in total. The highest BCUT2D eigenvalue weighted by atomic mass is 16.5. The maximum absolute atomic E-state index is 11.7. The van der Waals surface area contributed by atoms with E-state index in [0.717, 1.165) is 16.5 Å². The van der Waals surface area contributed by atoms with Crippen LogP contribution in [-0.2, 0) is 16.1 Å². The zero-order valence-corrected chi connectivity index (χ0v) is 11.3. The molecule has 4 heteroatoms. The van der Waals surface area contributed by atoms with Crippen LogP contribution in [0.4, 0.5) is 0 Å². The van der Waals surface area contributed by atoms with Gasteiger partial charge < -0.3 is 4.74 Å². The van der Waals surface area contributed by atoms with Gasteiger partial charge in [-0.3, -0.25) is 9.89 Å². The van der Waals surface area contributed by atoms with Gasteiger partial charge in [0.15, 0.2) is 0 Å². The van der Waals surface area contributed by atoms with Gasteiger partial charge in [0, 0.05) is 5.39 Å². The van der Waals surface area contributed by atoms with Gasteiger partial charge in [-0.05, 0) is 38.5 Å². The molecule has 0 saturated carbocycles. The Morgan fingerprint density at radius 2 is 2.21 bits per heavy atom. The third-order valence-electron chi connectivity index (χ3n) is 2.75. The smallest absolute Gasteiger partial charge is 0.311 e. The maximum Gasteiger partial charge on any atom is 0.311 e. The van der Waals surface area contributed by atoms with Crippen molar-refractivity contribution in [2.75, 3.05) is 0 Å². The number of aromatic nitrogens is 2. The first kappa shape index (κ1) is 13.2. The van der Waals surface area contributed by atoms with Gasteiger partial charge in [-0.2, -0.15) is 5.10 Å². The van der Waals surface area contributed by atoms with Gasteiger partial charge in [0.05, 0.1) is 10.9 Å². The summed E-state index contributed by atoms with van der Waals surface area (Å²) < 4.78 is 5.27. The highest BCUT2D eigenvalue weighted by Gasteiger charge is 2.22. The quantitative estimate of drug-likeness (QED) is 0.664. The molecule has 0 unspecified atom stereocenters. The number of carbonyl (C=O) groups is 1. The summed E-state index contributed by atoms with van der Waals surface area (Å²) in [5.74, 6) is 2.32. The first-order valence-corrected chi connectivity index (χ1v) is 6.02. The van der Waals surface area contributed by atoms with E-state index in [1.807, 2.05) is 39.0 Å². The zero-order chi connectivity index (χ0) is 14.0. The molecule has 0 aliphatic heterocycles. The highest BCUT2D eigenvalue weighted by Crippen LogP contribution is 2.20. The summed E-state index contributed by atoms with van der Waals surface area (Å²) in [5.41, 5.74) is 1.84. The van der Waals surface area contributed by atoms with Crippen LogP contribution in [0.15, 0.2) is 18.2 Å². The lowest BCUT2D eigenvalue weighted by molar-refractivity contribution is -0.154. The van der Waals surface area contributed by atoms with Crippen molar-refractivity contribution < 1.29 is 9.53 Å². The molecule has 2 rings (SSSR count). The van der Waals surface area contributed by atoms with Crippen LogP contribution in [0.25, 0.3) is 10.9 Å². The summed E-state index contributed by atoms with van der Waals surface area (Å²) >= 11 is 0. The molecular formula is C15H16N2O2. The molecular weight excluding hydrogens is 240 g/mol. The Labute approximate surface area is 112 Å². The Morgan fingerprint density at radius 1 is 1.47 bits per heavy atom. The molecule has 0 amide bonds. The monoisotopic (exact) mass is 256 g/mol. The van der Waals surface area contributed by atoms with Gasteiger partial charge in [0.1, 0.15) is 12.3 Å². The third kappa shape index (κ3) is 2.76. The normalized spacial score (nSPS) is 11.3. The highest BCUT2D eigenvalue weighted by molar-refractivity contribution is 5.84. The molecule has 19 heavy (non-hydrogen) atoms. The molecule has 0 saturated heterocycles. The van der Waals surface area contributed by atoms with Crippen LogP contribution in [0.3, 0.4) is 0 Å². The minimum Gasteiger partial charge on any atom is -0.460 e. The summed E-state index contributed by atoms with van der Waals surface area (Å²) in [6.07, 6.45) is 5.38. The SMILES string of the molecule is C#Cc1[nH]nc2ccc(COC(=O)C(C)(C)C)cc12. The lowest BCUT2D eigenvalue weighted by Crippen LogP contribution is -2.22. The van der Waals surface area contributed by atoms with Crippen LogP contribution in [-0.4, -0.2) is 16.2 Å². The molecule has 1 aromatic heterocycles. The number of aromatic amines is 1. The molecule has 2 aromatic rings. The summed E-state index contributed by atoms with van der Waals surface area (Å²) in [6.45, 7) is 5.71. The molecule has 0 aliphatic rings.